The molecule has 4 heteroatoms. The maximum Gasteiger partial charge on any atom is 0.228 e. The van der Waals surface area contributed by atoms with Crippen molar-refractivity contribution in [1.82, 2.24) is 15.8 Å². The molecule has 0 bridgehead atoms. The first kappa shape index (κ1) is 6.11. The number of rotatable bonds is 2. The summed E-state index contributed by atoms with van der Waals surface area (Å²) in [6.45, 7) is -0.335. The van der Waals surface area contributed by atoms with Crippen molar-refractivity contribution >= 4 is 5.91 Å². The van der Waals surface area contributed by atoms with Gasteiger partial charge in [0.25, 0.3) is 0 Å². The normalized spacial score (nSPS) is 33.4. The van der Waals surface area contributed by atoms with E-state index in [9.17, 15) is 4.79 Å². The largest absolute Gasteiger partial charge is 0.311 e. The van der Waals surface area contributed by atoms with Crippen LogP contribution in [0, 0.1) is 11.8 Å². The molecule has 2 N–H and O–H groups in total. The van der Waals surface area contributed by atoms with E-state index >= 15 is 0 Å². The van der Waals surface area contributed by atoms with Crippen molar-refractivity contribution in [2.45, 2.75) is 13.3 Å². The topological polar surface area (TPSA) is 44.4 Å². The minimum Gasteiger partial charge on any atom is -0.311 e. The lowest BCUT2D eigenvalue weighted by Crippen LogP contribution is -2.40. The summed E-state index contributed by atoms with van der Waals surface area (Å²) in [6, 6.07) is 0. The van der Waals surface area contributed by atoms with Crippen molar-refractivity contribution in [2.75, 3.05) is 6.98 Å². The van der Waals surface area contributed by atoms with Crippen molar-refractivity contribution in [3.63, 3.8) is 0 Å². The molecule has 0 aromatic carbocycles. The molecule has 1 amide bonds. The monoisotopic (exact) mass is 196 g/mol. The van der Waals surface area contributed by atoms with Gasteiger partial charge in [-0.3, -0.25) is 9.80 Å². The van der Waals surface area contributed by atoms with E-state index in [2.05, 4.69) is 10.7 Å². The molecule has 2 rings (SSSR count). The van der Waals surface area contributed by atoms with Crippen LogP contribution in [0.5, 0.6) is 0 Å². The molecule has 0 unspecified atom stereocenters. The molecule has 4 nitrogen and oxygen atoms in total. The third kappa shape index (κ3) is 1.73. The Hall–Kier alpha value is -1.45. The molecular formula is C10H15N3O. The summed E-state index contributed by atoms with van der Waals surface area (Å²) in [6.07, 6.45) is 5.58. The molecule has 0 aromatic rings. The predicted molar refractivity (Wildman–Crippen MR) is 53.5 cm³/mol. The number of nitrogens with one attached hydrogen (secondary N) is 2. The predicted octanol–water partition coefficient (Wildman–Crippen LogP) is 0.564. The van der Waals surface area contributed by atoms with Crippen LogP contribution in [-0.2, 0) is 4.79 Å². The summed E-state index contributed by atoms with van der Waals surface area (Å²) in [5, 5.41) is 3.61. The molecule has 0 spiro atoms. The van der Waals surface area contributed by atoms with Gasteiger partial charge in [0.2, 0.25) is 5.91 Å². The van der Waals surface area contributed by atoms with Gasteiger partial charge >= 0.3 is 0 Å². The Morgan fingerprint density at radius 3 is 3.29 bits per heavy atom. The van der Waals surface area contributed by atoms with Gasteiger partial charge in [-0.15, -0.1) is 0 Å². The molecule has 1 fully saturated rings. The lowest BCUT2D eigenvalue weighted by molar-refractivity contribution is -0.122. The van der Waals surface area contributed by atoms with Crippen LogP contribution in [0.1, 0.15) is 17.5 Å². The molecule has 2 aliphatic rings. The first-order valence-corrected chi connectivity index (χ1v) is 4.63. The Morgan fingerprint density at radius 1 is 1.86 bits per heavy atom. The number of carbonyl (C=O) groups excluding carboxylic acids is 1. The van der Waals surface area contributed by atoms with Crippen LogP contribution in [0.4, 0.5) is 0 Å². The molecule has 0 radical (unpaired) electrons. The van der Waals surface area contributed by atoms with Crippen molar-refractivity contribution in [3.8, 4) is 0 Å². The van der Waals surface area contributed by atoms with E-state index in [1.807, 2.05) is 6.92 Å². The standard InChI is InChI=1S/C10H15N3O/c1-7-6-8(7)10(14)12-9-4-3-5-11-13(9)2/h3-5,7-8,11H,6H2,1-2H3,(H,12,14)/t7-,8-/m0/s1/i2D3. The van der Waals surface area contributed by atoms with Crippen molar-refractivity contribution in [1.29, 1.82) is 0 Å². The maximum atomic E-state index is 11.7. The van der Waals surface area contributed by atoms with Gasteiger partial charge in [-0.2, -0.15) is 0 Å². The highest BCUT2D eigenvalue weighted by Crippen LogP contribution is 2.37. The highest BCUT2D eigenvalue weighted by atomic mass is 16.2. The molecule has 76 valence electrons. The third-order valence-corrected chi connectivity index (χ3v) is 2.49. The van der Waals surface area contributed by atoms with E-state index in [4.69, 9.17) is 4.11 Å². The van der Waals surface area contributed by atoms with E-state index in [0.29, 0.717) is 5.92 Å². The summed E-state index contributed by atoms with van der Waals surface area (Å²) in [5.74, 6) is 0.552. The van der Waals surface area contributed by atoms with Gasteiger partial charge in [0.15, 0.2) is 0 Å². The summed E-state index contributed by atoms with van der Waals surface area (Å²) in [4.78, 5) is 11.7. The Balaban J connectivity index is 2.04. The summed E-state index contributed by atoms with van der Waals surface area (Å²) >= 11 is 0. The maximum absolute atomic E-state index is 11.7. The van der Waals surface area contributed by atoms with E-state index in [-0.39, 0.29) is 17.6 Å². The molecular weight excluding hydrogens is 178 g/mol. The van der Waals surface area contributed by atoms with Gasteiger partial charge in [-0.05, 0) is 24.5 Å². The number of nitrogens with zero attached hydrogens (tertiary/aromatic N) is 1. The second kappa shape index (κ2) is 3.36. The molecule has 1 heterocycles. The molecule has 1 saturated carbocycles. The number of hydrogen-bond donors (Lipinski definition) is 2. The van der Waals surface area contributed by atoms with Crippen LogP contribution < -0.4 is 10.7 Å². The smallest absolute Gasteiger partial charge is 0.228 e. The second-order valence-corrected chi connectivity index (χ2v) is 3.68. The van der Waals surface area contributed by atoms with Crippen LogP contribution >= 0.6 is 0 Å². The number of amides is 1. The Bertz CT molecular complexity index is 389. The fourth-order valence-electron chi connectivity index (χ4n) is 1.40. The summed E-state index contributed by atoms with van der Waals surface area (Å²) < 4.78 is 22.0. The zero-order valence-electron chi connectivity index (χ0n) is 10.9. The van der Waals surface area contributed by atoms with E-state index in [0.717, 1.165) is 11.4 Å². The van der Waals surface area contributed by atoms with Crippen LogP contribution in [0.3, 0.4) is 0 Å². The Kier molecular flexibility index (Phi) is 1.47. The number of hydrazine groups is 1. The van der Waals surface area contributed by atoms with Crippen molar-refractivity contribution < 1.29 is 8.91 Å². The van der Waals surface area contributed by atoms with Crippen LogP contribution in [0.15, 0.2) is 24.2 Å². The zero-order chi connectivity index (χ0) is 12.6. The van der Waals surface area contributed by atoms with Crippen LogP contribution in [-0.4, -0.2) is 17.9 Å². The average Bonchev–Trinajstić information content (AvgIpc) is 2.95. The number of hydrogen-bond acceptors (Lipinski definition) is 3. The quantitative estimate of drug-likeness (QED) is 0.678. The fourth-order valence-corrected chi connectivity index (χ4v) is 1.40. The summed E-state index contributed by atoms with van der Waals surface area (Å²) in [5.41, 5.74) is 2.59. The van der Waals surface area contributed by atoms with Gasteiger partial charge in [0.05, 0.1) is 0 Å². The SMILES string of the molecule is [2H]C([2H])([2H])N1NC=CC=C1NC(=O)[C@H]1C[C@@H]1C. The van der Waals surface area contributed by atoms with E-state index in [1.54, 1.807) is 12.2 Å². The van der Waals surface area contributed by atoms with Gasteiger partial charge in [0.1, 0.15) is 5.82 Å². The minimum atomic E-state index is -2.33. The van der Waals surface area contributed by atoms with Gasteiger partial charge in [0, 0.05) is 23.2 Å². The highest BCUT2D eigenvalue weighted by Gasteiger charge is 2.39. The van der Waals surface area contributed by atoms with Gasteiger partial charge in [-0.25, -0.2) is 0 Å². The molecule has 14 heavy (non-hydrogen) atoms. The minimum absolute atomic E-state index is 0.0141. The number of allylic oxidation sites excluding steroid dienone is 2. The lowest BCUT2D eigenvalue weighted by atomic mass is 10.3. The number of carbonyl (C=O) groups is 1. The Labute approximate surface area is 87.8 Å². The van der Waals surface area contributed by atoms with Crippen LogP contribution in [0.25, 0.3) is 0 Å². The Morgan fingerprint density at radius 2 is 2.64 bits per heavy atom. The molecule has 0 saturated heterocycles. The third-order valence-electron chi connectivity index (χ3n) is 2.49. The first-order chi connectivity index (χ1) is 7.89. The van der Waals surface area contributed by atoms with E-state index < -0.39 is 6.98 Å². The molecule has 2 atom stereocenters. The second-order valence-electron chi connectivity index (χ2n) is 3.68. The molecule has 1 aliphatic heterocycles. The van der Waals surface area contributed by atoms with Crippen molar-refractivity contribution in [2.24, 2.45) is 11.8 Å². The lowest BCUT2D eigenvalue weighted by Gasteiger charge is -2.24. The van der Waals surface area contributed by atoms with Crippen LogP contribution in [0.2, 0.25) is 0 Å². The fraction of sp³-hybridized carbons (Fsp3) is 0.500. The average molecular weight is 196 g/mol. The summed E-state index contributed by atoms with van der Waals surface area (Å²) in [7, 11) is 0. The van der Waals surface area contributed by atoms with E-state index in [1.165, 1.54) is 6.20 Å². The van der Waals surface area contributed by atoms with Gasteiger partial charge < -0.3 is 10.7 Å². The zero-order valence-corrected chi connectivity index (χ0v) is 7.95. The van der Waals surface area contributed by atoms with Gasteiger partial charge in [-0.1, -0.05) is 6.92 Å². The van der Waals surface area contributed by atoms with Crippen molar-refractivity contribution in [3.05, 3.63) is 24.2 Å². The highest BCUT2D eigenvalue weighted by molar-refractivity contribution is 5.82. The molecule has 0 aromatic heterocycles. The first-order valence-electron chi connectivity index (χ1n) is 6.13. The molecule has 1 aliphatic carbocycles.